The Bertz CT molecular complexity index is 301. The first kappa shape index (κ1) is 7.87. The van der Waals surface area contributed by atoms with Gasteiger partial charge in [-0.25, -0.2) is 0 Å². The molecule has 5 heteroatoms. The first-order valence-electron chi connectivity index (χ1n) is 2.84. The Hall–Kier alpha value is -1.23. The minimum absolute atomic E-state index is 0.0617. The van der Waals surface area contributed by atoms with E-state index in [1.54, 1.807) is 6.07 Å². The van der Waals surface area contributed by atoms with E-state index in [-0.39, 0.29) is 5.69 Å². The Morgan fingerprint density at radius 3 is 2.64 bits per heavy atom. The van der Waals surface area contributed by atoms with Gasteiger partial charge in [0.15, 0.2) is 0 Å². The van der Waals surface area contributed by atoms with Crippen LogP contribution >= 0.6 is 12.6 Å². The van der Waals surface area contributed by atoms with Crippen LogP contribution in [0.25, 0.3) is 0 Å². The molecular weight excluding hydrogens is 164 g/mol. The summed E-state index contributed by atoms with van der Waals surface area (Å²) in [5.74, 6) is 0. The molecule has 2 N–H and O–H groups in total. The fraction of sp³-hybridized carbons (Fsp3) is 0. The molecule has 0 bridgehead atoms. The number of rotatable bonds is 1. The number of hydrogen-bond donors (Lipinski definition) is 2. The minimum Gasteiger partial charge on any atom is -0.399 e. The van der Waals surface area contributed by atoms with E-state index in [0.717, 1.165) is 0 Å². The lowest BCUT2D eigenvalue weighted by Gasteiger charge is -1.95. The van der Waals surface area contributed by atoms with Crippen molar-refractivity contribution in [2.24, 2.45) is 0 Å². The number of thiol groups is 1. The van der Waals surface area contributed by atoms with Gasteiger partial charge >= 0.3 is 0 Å². The van der Waals surface area contributed by atoms with Gasteiger partial charge in [0, 0.05) is 11.8 Å². The van der Waals surface area contributed by atoms with Gasteiger partial charge in [-0.3, -0.25) is 10.1 Å². The van der Waals surface area contributed by atoms with Crippen molar-refractivity contribution in [3.05, 3.63) is 28.3 Å². The molecular formula is C6H6N2O2S. The molecule has 0 unspecified atom stereocenters. The molecule has 0 saturated heterocycles. The largest absolute Gasteiger partial charge is 0.399 e. The van der Waals surface area contributed by atoms with Gasteiger partial charge in [0.05, 0.1) is 9.82 Å². The van der Waals surface area contributed by atoms with Crippen LogP contribution < -0.4 is 5.73 Å². The molecule has 11 heavy (non-hydrogen) atoms. The highest BCUT2D eigenvalue weighted by molar-refractivity contribution is 7.80. The topological polar surface area (TPSA) is 69.2 Å². The van der Waals surface area contributed by atoms with E-state index in [1.165, 1.54) is 12.1 Å². The maximum Gasteiger partial charge on any atom is 0.284 e. The highest BCUT2D eigenvalue weighted by Crippen LogP contribution is 2.23. The van der Waals surface area contributed by atoms with Gasteiger partial charge in [0.1, 0.15) is 0 Å². The van der Waals surface area contributed by atoms with Crippen molar-refractivity contribution in [3.63, 3.8) is 0 Å². The van der Waals surface area contributed by atoms with Crippen molar-refractivity contribution in [2.75, 3.05) is 5.73 Å². The third kappa shape index (κ3) is 1.62. The zero-order chi connectivity index (χ0) is 8.43. The van der Waals surface area contributed by atoms with Crippen LogP contribution in [-0.2, 0) is 0 Å². The Labute approximate surface area is 68.6 Å². The highest BCUT2D eigenvalue weighted by atomic mass is 32.1. The van der Waals surface area contributed by atoms with Crippen LogP contribution in [0.2, 0.25) is 0 Å². The van der Waals surface area contributed by atoms with E-state index in [9.17, 15) is 10.1 Å². The van der Waals surface area contributed by atoms with E-state index in [0.29, 0.717) is 10.6 Å². The summed E-state index contributed by atoms with van der Waals surface area (Å²) in [6, 6.07) is 4.34. The summed E-state index contributed by atoms with van der Waals surface area (Å²) in [6.45, 7) is 0. The summed E-state index contributed by atoms with van der Waals surface area (Å²) in [6.07, 6.45) is 0. The Balaban J connectivity index is 3.23. The molecule has 1 aromatic rings. The number of benzene rings is 1. The van der Waals surface area contributed by atoms with Gasteiger partial charge in [-0.05, 0) is 12.1 Å². The minimum atomic E-state index is -0.515. The number of nitrogens with two attached hydrogens (primary N) is 1. The first-order chi connectivity index (χ1) is 5.11. The van der Waals surface area contributed by atoms with Crippen LogP contribution in [-0.4, -0.2) is 4.92 Å². The zero-order valence-corrected chi connectivity index (χ0v) is 6.41. The standard InChI is InChI=1S/C6H6N2O2S/c7-4-1-2-6(11)5(3-4)8(9)10/h1-3,11H,7H2. The van der Waals surface area contributed by atoms with E-state index in [4.69, 9.17) is 5.73 Å². The molecule has 0 aliphatic carbocycles. The summed E-state index contributed by atoms with van der Waals surface area (Å²) in [4.78, 5) is 10.1. The molecule has 58 valence electrons. The van der Waals surface area contributed by atoms with Gasteiger partial charge in [0.25, 0.3) is 5.69 Å². The van der Waals surface area contributed by atoms with Crippen LogP contribution in [0.1, 0.15) is 0 Å². The zero-order valence-electron chi connectivity index (χ0n) is 5.52. The van der Waals surface area contributed by atoms with Crippen LogP contribution in [0.15, 0.2) is 23.1 Å². The maximum atomic E-state index is 10.3. The molecule has 1 aromatic carbocycles. The molecule has 0 amide bonds. The predicted molar refractivity (Wildman–Crippen MR) is 44.8 cm³/mol. The molecule has 0 spiro atoms. The Kier molecular flexibility index (Phi) is 2.00. The molecule has 0 saturated carbocycles. The molecule has 1 rings (SSSR count). The third-order valence-electron chi connectivity index (χ3n) is 1.20. The van der Waals surface area contributed by atoms with Gasteiger partial charge in [-0.1, -0.05) is 0 Å². The fourth-order valence-corrected chi connectivity index (χ4v) is 0.907. The number of nitrogens with zero attached hydrogens (tertiary/aromatic N) is 1. The monoisotopic (exact) mass is 170 g/mol. The Morgan fingerprint density at radius 1 is 1.55 bits per heavy atom. The summed E-state index contributed by atoms with van der Waals surface area (Å²) < 4.78 is 0. The summed E-state index contributed by atoms with van der Waals surface area (Å²) in [5, 5.41) is 10.3. The van der Waals surface area contributed by atoms with Crippen molar-refractivity contribution in [1.29, 1.82) is 0 Å². The van der Waals surface area contributed by atoms with E-state index in [1.807, 2.05) is 0 Å². The second kappa shape index (κ2) is 2.79. The van der Waals surface area contributed by atoms with Crippen molar-refractivity contribution in [2.45, 2.75) is 4.90 Å². The average Bonchev–Trinajstić information content (AvgIpc) is 1.94. The van der Waals surface area contributed by atoms with Crippen LogP contribution in [0.4, 0.5) is 11.4 Å². The second-order valence-corrected chi connectivity index (χ2v) is 2.49. The summed E-state index contributed by atoms with van der Waals surface area (Å²) in [7, 11) is 0. The van der Waals surface area contributed by atoms with Crippen molar-refractivity contribution < 1.29 is 4.92 Å². The lowest BCUT2D eigenvalue weighted by Crippen LogP contribution is -1.92. The number of nitrogen functional groups attached to an aromatic ring is 1. The molecule has 0 heterocycles. The van der Waals surface area contributed by atoms with Gasteiger partial charge in [-0.15, -0.1) is 12.6 Å². The summed E-state index contributed by atoms with van der Waals surface area (Å²) in [5.41, 5.74) is 5.64. The molecule has 0 aliphatic rings. The SMILES string of the molecule is Nc1ccc(S)c([N+](=O)[O-])c1. The van der Waals surface area contributed by atoms with E-state index in [2.05, 4.69) is 12.6 Å². The number of nitro groups is 1. The third-order valence-corrected chi connectivity index (χ3v) is 1.57. The lowest BCUT2D eigenvalue weighted by atomic mass is 10.3. The van der Waals surface area contributed by atoms with Crippen LogP contribution in [0.3, 0.4) is 0 Å². The Morgan fingerprint density at radius 2 is 2.18 bits per heavy atom. The first-order valence-corrected chi connectivity index (χ1v) is 3.29. The molecule has 0 aliphatic heterocycles. The maximum absolute atomic E-state index is 10.3. The van der Waals surface area contributed by atoms with E-state index >= 15 is 0 Å². The second-order valence-electron chi connectivity index (χ2n) is 2.01. The fourth-order valence-electron chi connectivity index (χ4n) is 0.687. The average molecular weight is 170 g/mol. The number of hydrogen-bond acceptors (Lipinski definition) is 4. The van der Waals surface area contributed by atoms with Crippen LogP contribution in [0.5, 0.6) is 0 Å². The highest BCUT2D eigenvalue weighted by Gasteiger charge is 2.09. The number of anilines is 1. The summed E-state index contributed by atoms with van der Waals surface area (Å²) >= 11 is 3.89. The van der Waals surface area contributed by atoms with Gasteiger partial charge < -0.3 is 5.73 Å². The molecule has 0 radical (unpaired) electrons. The predicted octanol–water partition coefficient (Wildman–Crippen LogP) is 1.47. The van der Waals surface area contributed by atoms with Gasteiger partial charge in [0.2, 0.25) is 0 Å². The quantitative estimate of drug-likeness (QED) is 0.290. The lowest BCUT2D eigenvalue weighted by molar-refractivity contribution is -0.387. The molecule has 0 aromatic heterocycles. The smallest absolute Gasteiger partial charge is 0.284 e. The molecule has 0 atom stereocenters. The molecule has 4 nitrogen and oxygen atoms in total. The van der Waals surface area contributed by atoms with Gasteiger partial charge in [-0.2, -0.15) is 0 Å². The van der Waals surface area contributed by atoms with Crippen molar-refractivity contribution in [1.82, 2.24) is 0 Å². The number of nitro benzene ring substituents is 1. The van der Waals surface area contributed by atoms with Crippen molar-refractivity contribution >= 4 is 24.0 Å². The normalized spacial score (nSPS) is 9.55. The molecule has 0 fully saturated rings. The van der Waals surface area contributed by atoms with E-state index < -0.39 is 4.92 Å². The van der Waals surface area contributed by atoms with Crippen molar-refractivity contribution in [3.8, 4) is 0 Å². The van der Waals surface area contributed by atoms with Crippen LogP contribution in [0, 0.1) is 10.1 Å².